The van der Waals surface area contributed by atoms with E-state index >= 15 is 0 Å². The Bertz CT molecular complexity index is 768. The van der Waals surface area contributed by atoms with Crippen LogP contribution in [0.3, 0.4) is 0 Å². The van der Waals surface area contributed by atoms with Crippen LogP contribution in [-0.2, 0) is 12.8 Å². The molecule has 0 saturated carbocycles. The van der Waals surface area contributed by atoms with Gasteiger partial charge in [-0.05, 0) is 55.5 Å². The second-order valence-electron chi connectivity index (χ2n) is 5.36. The number of imidazole rings is 1. The largest absolute Gasteiger partial charge is 0.304 e. The summed E-state index contributed by atoms with van der Waals surface area (Å²) in [7, 11) is 0. The molecule has 0 bridgehead atoms. The van der Waals surface area contributed by atoms with Crippen LogP contribution in [0.25, 0.3) is 16.9 Å². The Morgan fingerprint density at radius 2 is 1.95 bits per heavy atom. The number of aryl methyl sites for hydroxylation is 3. The molecule has 2 aromatic heterocycles. The van der Waals surface area contributed by atoms with Gasteiger partial charge in [0.1, 0.15) is 5.65 Å². The highest BCUT2D eigenvalue weighted by Crippen LogP contribution is 2.28. The summed E-state index contributed by atoms with van der Waals surface area (Å²) in [5.74, 6) is 0. The molecule has 94 valence electrons. The first-order valence-electron chi connectivity index (χ1n) is 6.88. The monoisotopic (exact) mass is 248 g/mol. The summed E-state index contributed by atoms with van der Waals surface area (Å²) in [4.78, 5) is 4.73. The third kappa shape index (κ3) is 1.67. The van der Waals surface area contributed by atoms with E-state index < -0.39 is 0 Å². The molecule has 0 radical (unpaired) electrons. The van der Waals surface area contributed by atoms with Gasteiger partial charge in [0.05, 0.1) is 5.69 Å². The number of aromatic nitrogens is 2. The molecule has 2 heterocycles. The van der Waals surface area contributed by atoms with Gasteiger partial charge in [-0.3, -0.25) is 0 Å². The average molecular weight is 248 g/mol. The maximum atomic E-state index is 4.73. The lowest BCUT2D eigenvalue weighted by Gasteiger charge is -2.01. The molecule has 0 fully saturated rings. The Balaban J connectivity index is 1.88. The number of fused-ring (bicyclic) bond motifs is 2. The van der Waals surface area contributed by atoms with Crippen LogP contribution in [0, 0.1) is 6.92 Å². The summed E-state index contributed by atoms with van der Waals surface area (Å²) < 4.78 is 2.16. The Kier molecular flexibility index (Phi) is 2.25. The molecule has 0 aliphatic heterocycles. The fraction of sp³-hybridized carbons (Fsp3) is 0.235. The van der Waals surface area contributed by atoms with E-state index in [-0.39, 0.29) is 0 Å². The molecule has 4 rings (SSSR count). The molecule has 0 atom stereocenters. The van der Waals surface area contributed by atoms with Gasteiger partial charge in [0, 0.05) is 17.5 Å². The number of hydrogen-bond donors (Lipinski definition) is 0. The summed E-state index contributed by atoms with van der Waals surface area (Å²) in [5, 5.41) is 0. The summed E-state index contributed by atoms with van der Waals surface area (Å²) in [6.45, 7) is 2.11. The van der Waals surface area contributed by atoms with Crippen molar-refractivity contribution in [3.05, 3.63) is 59.4 Å². The second-order valence-corrected chi connectivity index (χ2v) is 5.36. The van der Waals surface area contributed by atoms with Gasteiger partial charge in [-0.25, -0.2) is 4.98 Å². The SMILES string of the molecule is Cc1cccc2nc(-c3ccc4c(c3)CCC4)cn12. The van der Waals surface area contributed by atoms with Crippen LogP contribution < -0.4 is 0 Å². The van der Waals surface area contributed by atoms with E-state index in [1.165, 1.54) is 41.6 Å². The summed E-state index contributed by atoms with van der Waals surface area (Å²) in [6, 6.07) is 13.0. The van der Waals surface area contributed by atoms with Crippen molar-refractivity contribution in [1.82, 2.24) is 9.38 Å². The van der Waals surface area contributed by atoms with Crippen molar-refractivity contribution in [2.24, 2.45) is 0 Å². The van der Waals surface area contributed by atoms with Crippen molar-refractivity contribution in [1.29, 1.82) is 0 Å². The molecular formula is C17H16N2. The predicted octanol–water partition coefficient (Wildman–Crippen LogP) is 3.80. The molecular weight excluding hydrogens is 232 g/mol. The van der Waals surface area contributed by atoms with E-state index in [1.807, 2.05) is 0 Å². The van der Waals surface area contributed by atoms with Gasteiger partial charge < -0.3 is 4.40 Å². The van der Waals surface area contributed by atoms with Crippen LogP contribution >= 0.6 is 0 Å². The molecule has 1 aliphatic rings. The lowest BCUT2D eigenvalue weighted by atomic mass is 10.0. The van der Waals surface area contributed by atoms with E-state index in [4.69, 9.17) is 4.98 Å². The van der Waals surface area contributed by atoms with Crippen molar-refractivity contribution >= 4 is 5.65 Å². The van der Waals surface area contributed by atoms with Crippen molar-refractivity contribution < 1.29 is 0 Å². The van der Waals surface area contributed by atoms with Gasteiger partial charge >= 0.3 is 0 Å². The normalized spacial score (nSPS) is 13.9. The van der Waals surface area contributed by atoms with Gasteiger partial charge in [-0.15, -0.1) is 0 Å². The minimum atomic E-state index is 1.02. The van der Waals surface area contributed by atoms with Gasteiger partial charge in [-0.1, -0.05) is 18.2 Å². The van der Waals surface area contributed by atoms with Crippen molar-refractivity contribution in [3.8, 4) is 11.3 Å². The zero-order valence-electron chi connectivity index (χ0n) is 11.1. The zero-order chi connectivity index (χ0) is 12.8. The van der Waals surface area contributed by atoms with E-state index in [0.29, 0.717) is 0 Å². The quantitative estimate of drug-likeness (QED) is 0.640. The highest BCUT2D eigenvalue weighted by atomic mass is 15.0. The van der Waals surface area contributed by atoms with Crippen molar-refractivity contribution in [2.45, 2.75) is 26.2 Å². The molecule has 0 N–H and O–H groups in total. The Morgan fingerprint density at radius 3 is 2.84 bits per heavy atom. The number of pyridine rings is 1. The molecule has 3 aromatic rings. The topological polar surface area (TPSA) is 17.3 Å². The number of hydrogen-bond acceptors (Lipinski definition) is 1. The number of benzene rings is 1. The van der Waals surface area contributed by atoms with Gasteiger partial charge in [0.25, 0.3) is 0 Å². The average Bonchev–Trinajstić information content (AvgIpc) is 3.04. The molecule has 2 heteroatoms. The smallest absolute Gasteiger partial charge is 0.137 e. The van der Waals surface area contributed by atoms with E-state index in [2.05, 4.69) is 53.9 Å². The Morgan fingerprint density at radius 1 is 1.05 bits per heavy atom. The maximum Gasteiger partial charge on any atom is 0.137 e. The molecule has 1 aromatic carbocycles. The van der Waals surface area contributed by atoms with Gasteiger partial charge in [-0.2, -0.15) is 0 Å². The first-order valence-corrected chi connectivity index (χ1v) is 6.88. The van der Waals surface area contributed by atoms with Crippen LogP contribution in [0.2, 0.25) is 0 Å². The number of rotatable bonds is 1. The third-order valence-electron chi connectivity index (χ3n) is 4.09. The molecule has 0 saturated heterocycles. The summed E-state index contributed by atoms with van der Waals surface area (Å²) >= 11 is 0. The van der Waals surface area contributed by atoms with Gasteiger partial charge in [0.15, 0.2) is 0 Å². The highest BCUT2D eigenvalue weighted by Gasteiger charge is 2.13. The molecule has 0 spiro atoms. The van der Waals surface area contributed by atoms with Gasteiger partial charge in [0.2, 0.25) is 0 Å². The first kappa shape index (κ1) is 10.8. The fourth-order valence-electron chi connectivity index (χ4n) is 3.02. The van der Waals surface area contributed by atoms with Crippen LogP contribution in [-0.4, -0.2) is 9.38 Å². The Hall–Kier alpha value is -2.09. The van der Waals surface area contributed by atoms with Crippen molar-refractivity contribution in [3.63, 3.8) is 0 Å². The van der Waals surface area contributed by atoms with Crippen molar-refractivity contribution in [2.75, 3.05) is 0 Å². The minimum Gasteiger partial charge on any atom is -0.304 e. The molecule has 0 amide bonds. The molecule has 2 nitrogen and oxygen atoms in total. The second kappa shape index (κ2) is 3.95. The minimum absolute atomic E-state index is 1.02. The van der Waals surface area contributed by atoms with E-state index in [9.17, 15) is 0 Å². The standard InChI is InChI=1S/C17H16N2/c1-12-4-2-7-17-18-16(11-19(12)17)15-9-8-13-5-3-6-14(13)10-15/h2,4,7-11H,3,5-6H2,1H3. The van der Waals surface area contributed by atoms with Crippen LogP contribution in [0.1, 0.15) is 23.2 Å². The lowest BCUT2D eigenvalue weighted by Crippen LogP contribution is -1.86. The fourth-order valence-corrected chi connectivity index (χ4v) is 3.02. The van der Waals surface area contributed by atoms with E-state index in [1.54, 1.807) is 0 Å². The zero-order valence-corrected chi connectivity index (χ0v) is 11.1. The van der Waals surface area contributed by atoms with Crippen LogP contribution in [0.15, 0.2) is 42.6 Å². The molecule has 0 unspecified atom stereocenters. The summed E-state index contributed by atoms with van der Waals surface area (Å²) in [6.07, 6.45) is 5.89. The maximum absolute atomic E-state index is 4.73. The summed E-state index contributed by atoms with van der Waals surface area (Å²) in [5.41, 5.74) is 7.58. The molecule has 19 heavy (non-hydrogen) atoms. The van der Waals surface area contributed by atoms with Crippen LogP contribution in [0.4, 0.5) is 0 Å². The molecule has 1 aliphatic carbocycles. The Labute approximate surface area is 112 Å². The number of nitrogens with zero attached hydrogens (tertiary/aromatic N) is 2. The van der Waals surface area contributed by atoms with E-state index in [0.717, 1.165) is 11.3 Å². The lowest BCUT2D eigenvalue weighted by molar-refractivity contribution is 0.912. The first-order chi connectivity index (χ1) is 9.31. The predicted molar refractivity (Wildman–Crippen MR) is 77.4 cm³/mol. The third-order valence-corrected chi connectivity index (χ3v) is 4.09. The van der Waals surface area contributed by atoms with Crippen LogP contribution in [0.5, 0.6) is 0 Å². The highest BCUT2D eigenvalue weighted by molar-refractivity contribution is 5.64.